The van der Waals surface area contributed by atoms with Gasteiger partial charge < -0.3 is 5.73 Å². The molecule has 0 radical (unpaired) electrons. The van der Waals surface area contributed by atoms with Gasteiger partial charge in [0, 0.05) is 5.41 Å². The smallest absolute Gasteiger partial charge is 0.374 e. The molecule has 3 saturated carbocycles. The average molecular weight is 235 g/mol. The number of aromatic nitrogens is 2. The van der Waals surface area contributed by atoms with Gasteiger partial charge in [0.15, 0.2) is 0 Å². The summed E-state index contributed by atoms with van der Waals surface area (Å²) in [5.74, 6) is 0. The van der Waals surface area contributed by atoms with E-state index in [1.165, 1.54) is 11.3 Å². The third-order valence-electron chi connectivity index (χ3n) is 3.53. The van der Waals surface area contributed by atoms with Crippen LogP contribution in [0, 0.1) is 5.41 Å². The molecule has 0 unspecified atom stereocenters. The molecule has 0 amide bonds. The van der Waals surface area contributed by atoms with Crippen LogP contribution in [0.3, 0.4) is 0 Å². The second-order valence-electron chi connectivity index (χ2n) is 4.53. The number of hydrogen-bond donors (Lipinski definition) is 1. The minimum absolute atomic E-state index is 0.165. The summed E-state index contributed by atoms with van der Waals surface area (Å²) in [7, 11) is 0. The molecule has 1 aromatic heterocycles. The van der Waals surface area contributed by atoms with E-state index in [1.807, 2.05) is 0 Å². The van der Waals surface area contributed by atoms with Gasteiger partial charge in [-0.1, -0.05) is 11.3 Å². The maximum absolute atomic E-state index is 12.6. The molecule has 0 spiro atoms. The van der Waals surface area contributed by atoms with Crippen molar-refractivity contribution < 1.29 is 13.2 Å². The Kier molecular flexibility index (Phi) is 1.43. The van der Waals surface area contributed by atoms with Gasteiger partial charge in [-0.2, -0.15) is 13.2 Å². The van der Waals surface area contributed by atoms with Crippen molar-refractivity contribution in [3.63, 3.8) is 0 Å². The third kappa shape index (κ3) is 0.965. The SMILES string of the molecule is Nc1nnc(C23CC(C(F)(F)F)(C2)C3)s1. The molecule has 0 saturated heterocycles. The van der Waals surface area contributed by atoms with E-state index in [-0.39, 0.29) is 24.7 Å². The van der Waals surface area contributed by atoms with E-state index in [1.54, 1.807) is 0 Å². The predicted molar refractivity (Wildman–Crippen MR) is 48.3 cm³/mol. The van der Waals surface area contributed by atoms with Gasteiger partial charge in [-0.25, -0.2) is 0 Å². The first-order valence-electron chi connectivity index (χ1n) is 4.53. The predicted octanol–water partition coefficient (Wildman–Crippen LogP) is 2.10. The highest BCUT2D eigenvalue weighted by molar-refractivity contribution is 7.15. The molecule has 15 heavy (non-hydrogen) atoms. The highest BCUT2D eigenvalue weighted by atomic mass is 32.1. The van der Waals surface area contributed by atoms with Crippen molar-refractivity contribution in [1.29, 1.82) is 0 Å². The maximum Gasteiger partial charge on any atom is 0.394 e. The summed E-state index contributed by atoms with van der Waals surface area (Å²) < 4.78 is 37.7. The summed E-state index contributed by atoms with van der Waals surface area (Å²) in [4.78, 5) is 0. The Labute approximate surface area is 87.5 Å². The van der Waals surface area contributed by atoms with Crippen LogP contribution in [-0.4, -0.2) is 16.4 Å². The van der Waals surface area contributed by atoms with Gasteiger partial charge in [0.2, 0.25) is 5.13 Å². The van der Waals surface area contributed by atoms with E-state index in [0.29, 0.717) is 10.1 Å². The zero-order valence-electron chi connectivity index (χ0n) is 7.64. The first-order valence-corrected chi connectivity index (χ1v) is 5.35. The minimum atomic E-state index is -4.06. The summed E-state index contributed by atoms with van der Waals surface area (Å²) in [5, 5.41) is 8.48. The summed E-state index contributed by atoms with van der Waals surface area (Å²) in [6.45, 7) is 0. The van der Waals surface area contributed by atoms with Gasteiger partial charge in [0.05, 0.1) is 5.41 Å². The fraction of sp³-hybridized carbons (Fsp3) is 0.750. The topological polar surface area (TPSA) is 51.8 Å². The van der Waals surface area contributed by atoms with E-state index in [0.717, 1.165) is 0 Å². The van der Waals surface area contributed by atoms with Crippen LogP contribution < -0.4 is 5.73 Å². The van der Waals surface area contributed by atoms with Crippen LogP contribution in [0.5, 0.6) is 0 Å². The Morgan fingerprint density at radius 1 is 1.20 bits per heavy atom. The molecule has 2 bridgehead atoms. The second kappa shape index (κ2) is 2.28. The highest BCUT2D eigenvalue weighted by Crippen LogP contribution is 2.78. The Morgan fingerprint density at radius 3 is 2.20 bits per heavy atom. The number of hydrogen-bond acceptors (Lipinski definition) is 4. The lowest BCUT2D eigenvalue weighted by Gasteiger charge is -2.69. The number of halogens is 3. The molecule has 7 heteroatoms. The van der Waals surface area contributed by atoms with Crippen LogP contribution in [0.4, 0.5) is 18.3 Å². The molecule has 4 rings (SSSR count). The molecule has 3 nitrogen and oxygen atoms in total. The van der Waals surface area contributed by atoms with Crippen LogP contribution in [0.15, 0.2) is 0 Å². The molecular weight excluding hydrogens is 227 g/mol. The van der Waals surface area contributed by atoms with Gasteiger partial charge in [-0.15, -0.1) is 10.2 Å². The zero-order chi connectivity index (χ0) is 10.9. The van der Waals surface area contributed by atoms with Crippen molar-refractivity contribution in [3.05, 3.63) is 5.01 Å². The molecule has 3 aliphatic rings. The van der Waals surface area contributed by atoms with E-state index in [4.69, 9.17) is 5.73 Å². The molecule has 0 aliphatic heterocycles. The third-order valence-corrected chi connectivity index (χ3v) is 4.52. The molecular formula is C8H8F3N3S. The molecule has 3 fully saturated rings. The first-order chi connectivity index (χ1) is 6.87. The molecule has 2 N–H and O–H groups in total. The number of alkyl halides is 3. The lowest BCUT2D eigenvalue weighted by atomic mass is 9.35. The lowest BCUT2D eigenvalue weighted by Crippen LogP contribution is -2.70. The van der Waals surface area contributed by atoms with Crippen LogP contribution in [0.2, 0.25) is 0 Å². The number of anilines is 1. The number of nitrogens with zero attached hydrogens (tertiary/aromatic N) is 2. The Bertz CT molecular complexity index is 405. The lowest BCUT2D eigenvalue weighted by molar-refractivity contribution is -0.337. The van der Waals surface area contributed by atoms with Crippen molar-refractivity contribution >= 4 is 16.5 Å². The molecule has 0 atom stereocenters. The van der Waals surface area contributed by atoms with Gasteiger partial charge >= 0.3 is 6.18 Å². The van der Waals surface area contributed by atoms with Crippen molar-refractivity contribution in [3.8, 4) is 0 Å². The average Bonchev–Trinajstić information content (AvgIpc) is 2.25. The zero-order valence-corrected chi connectivity index (χ0v) is 8.45. The second-order valence-corrected chi connectivity index (χ2v) is 5.54. The molecule has 82 valence electrons. The summed E-state index contributed by atoms with van der Waals surface area (Å²) in [5.41, 5.74) is 3.63. The number of nitrogen functional groups attached to an aromatic ring is 1. The monoisotopic (exact) mass is 235 g/mol. The molecule has 1 heterocycles. The van der Waals surface area contributed by atoms with Crippen LogP contribution in [0.1, 0.15) is 24.3 Å². The fourth-order valence-electron chi connectivity index (χ4n) is 2.76. The van der Waals surface area contributed by atoms with Gasteiger partial charge in [0.25, 0.3) is 0 Å². The first kappa shape index (κ1) is 9.38. The highest BCUT2D eigenvalue weighted by Gasteiger charge is 2.79. The van der Waals surface area contributed by atoms with E-state index in [2.05, 4.69) is 10.2 Å². The largest absolute Gasteiger partial charge is 0.394 e. The van der Waals surface area contributed by atoms with Crippen LogP contribution in [-0.2, 0) is 5.41 Å². The summed E-state index contributed by atoms with van der Waals surface area (Å²) in [6.07, 6.45) is -3.57. The van der Waals surface area contributed by atoms with E-state index >= 15 is 0 Å². The molecule has 3 aliphatic carbocycles. The summed E-state index contributed by atoms with van der Waals surface area (Å²) >= 11 is 1.21. The number of nitrogens with two attached hydrogens (primary N) is 1. The van der Waals surface area contributed by atoms with Crippen molar-refractivity contribution in [1.82, 2.24) is 10.2 Å². The van der Waals surface area contributed by atoms with Crippen LogP contribution >= 0.6 is 11.3 Å². The van der Waals surface area contributed by atoms with Crippen molar-refractivity contribution in [2.75, 3.05) is 5.73 Å². The van der Waals surface area contributed by atoms with E-state index in [9.17, 15) is 13.2 Å². The fourth-order valence-corrected chi connectivity index (χ4v) is 3.56. The van der Waals surface area contributed by atoms with Crippen LogP contribution in [0.25, 0.3) is 0 Å². The van der Waals surface area contributed by atoms with Crippen molar-refractivity contribution in [2.45, 2.75) is 30.9 Å². The summed E-state index contributed by atoms with van der Waals surface area (Å²) in [6, 6.07) is 0. The molecule has 1 aromatic rings. The Balaban J connectivity index is 1.82. The minimum Gasteiger partial charge on any atom is -0.374 e. The molecule has 0 aromatic carbocycles. The van der Waals surface area contributed by atoms with Gasteiger partial charge in [-0.05, 0) is 19.3 Å². The van der Waals surface area contributed by atoms with Gasteiger partial charge in [-0.3, -0.25) is 0 Å². The Hall–Kier alpha value is -0.850. The number of rotatable bonds is 1. The normalized spacial score (nSPS) is 38.3. The van der Waals surface area contributed by atoms with Gasteiger partial charge in [0.1, 0.15) is 5.01 Å². The quantitative estimate of drug-likeness (QED) is 0.811. The Morgan fingerprint density at radius 2 is 1.80 bits per heavy atom. The van der Waals surface area contributed by atoms with Crippen molar-refractivity contribution in [2.24, 2.45) is 5.41 Å². The standard InChI is InChI=1S/C8H8F3N3S/c9-8(10,11)7-1-6(2-7,3-7)4-13-14-5(12)15-4/h1-3H2,(H2,12,14). The maximum atomic E-state index is 12.6. The van der Waals surface area contributed by atoms with E-state index < -0.39 is 11.6 Å².